The molecule has 33 heavy (non-hydrogen) atoms. The summed E-state index contributed by atoms with van der Waals surface area (Å²) in [6.07, 6.45) is 0. The van der Waals surface area contributed by atoms with Crippen LogP contribution in [0.3, 0.4) is 0 Å². The number of para-hydroxylation sites is 3. The third-order valence-corrected chi connectivity index (χ3v) is 7.97. The molecule has 0 aliphatic carbocycles. The number of fused-ring (bicyclic) bond motifs is 2. The van der Waals surface area contributed by atoms with Crippen LogP contribution in [-0.4, -0.2) is 49.1 Å². The quantitative estimate of drug-likeness (QED) is 0.576. The summed E-state index contributed by atoms with van der Waals surface area (Å²) in [6, 6.07) is 23.4. The Balaban J connectivity index is 1.48. The lowest BCUT2D eigenvalue weighted by atomic mass is 10.1. The number of benzene rings is 3. The lowest BCUT2D eigenvalue weighted by Crippen LogP contribution is -2.55. The first-order valence-electron chi connectivity index (χ1n) is 10.7. The maximum absolute atomic E-state index is 13.4. The van der Waals surface area contributed by atoms with Crippen molar-refractivity contribution < 1.29 is 13.2 Å². The molecule has 2 aliphatic heterocycles. The number of aliphatic imine (C=N–C) groups is 1. The van der Waals surface area contributed by atoms with Gasteiger partial charge in [-0.1, -0.05) is 36.4 Å². The largest absolute Gasteiger partial charge is 0.454 e. The van der Waals surface area contributed by atoms with Crippen molar-refractivity contribution in [1.82, 2.24) is 9.21 Å². The van der Waals surface area contributed by atoms with Gasteiger partial charge in [-0.15, -0.1) is 0 Å². The van der Waals surface area contributed by atoms with Gasteiger partial charge in [0.25, 0.3) is 0 Å². The summed E-state index contributed by atoms with van der Waals surface area (Å²) in [5, 5.41) is 9.39. The Morgan fingerprint density at radius 3 is 2.45 bits per heavy atom. The lowest BCUT2D eigenvalue weighted by Gasteiger charge is -2.40. The van der Waals surface area contributed by atoms with Crippen LogP contribution in [0.5, 0.6) is 11.5 Å². The van der Waals surface area contributed by atoms with Crippen LogP contribution in [0.1, 0.15) is 18.1 Å². The SMILES string of the molecule is CC1CN(C2=Nc3ccccc3Oc3ccccc32)CCN1S(=O)(=O)c1ccccc1C#N. The summed E-state index contributed by atoms with van der Waals surface area (Å²) in [6.45, 7) is 3.09. The zero-order chi connectivity index (χ0) is 23.0. The zero-order valence-corrected chi connectivity index (χ0v) is 18.9. The first-order valence-corrected chi connectivity index (χ1v) is 12.1. The minimum absolute atomic E-state index is 0.0484. The van der Waals surface area contributed by atoms with E-state index in [1.54, 1.807) is 12.1 Å². The van der Waals surface area contributed by atoms with Crippen LogP contribution in [0.15, 0.2) is 82.7 Å². The van der Waals surface area contributed by atoms with Crippen molar-refractivity contribution in [2.45, 2.75) is 17.9 Å². The molecule has 5 rings (SSSR count). The van der Waals surface area contributed by atoms with Gasteiger partial charge in [-0.25, -0.2) is 13.4 Å². The number of ether oxygens (including phenoxy) is 1. The Morgan fingerprint density at radius 1 is 0.970 bits per heavy atom. The molecule has 1 atom stereocenters. The first-order chi connectivity index (χ1) is 16.0. The van der Waals surface area contributed by atoms with E-state index in [2.05, 4.69) is 4.90 Å². The normalized spacial score (nSPS) is 18.2. The van der Waals surface area contributed by atoms with E-state index in [0.717, 1.165) is 17.1 Å². The van der Waals surface area contributed by atoms with Gasteiger partial charge < -0.3 is 9.64 Å². The number of piperazine rings is 1. The van der Waals surface area contributed by atoms with Crippen molar-refractivity contribution in [3.63, 3.8) is 0 Å². The van der Waals surface area contributed by atoms with Crippen LogP contribution in [0, 0.1) is 11.3 Å². The highest BCUT2D eigenvalue weighted by Gasteiger charge is 2.36. The third-order valence-electron chi connectivity index (χ3n) is 5.90. The second-order valence-corrected chi connectivity index (χ2v) is 9.88. The molecule has 0 spiro atoms. The molecule has 2 heterocycles. The van der Waals surface area contributed by atoms with E-state index in [4.69, 9.17) is 9.73 Å². The van der Waals surface area contributed by atoms with E-state index >= 15 is 0 Å². The summed E-state index contributed by atoms with van der Waals surface area (Å²) >= 11 is 0. The average molecular weight is 459 g/mol. The van der Waals surface area contributed by atoms with Gasteiger partial charge in [-0.2, -0.15) is 9.57 Å². The molecule has 1 saturated heterocycles. The van der Waals surface area contributed by atoms with Crippen molar-refractivity contribution in [3.05, 3.63) is 83.9 Å². The summed E-state index contributed by atoms with van der Waals surface area (Å²) in [5.74, 6) is 2.16. The number of hydrogen-bond acceptors (Lipinski definition) is 6. The minimum atomic E-state index is -3.80. The van der Waals surface area contributed by atoms with Crippen LogP contribution >= 0.6 is 0 Å². The smallest absolute Gasteiger partial charge is 0.244 e. The minimum Gasteiger partial charge on any atom is -0.454 e. The standard InChI is InChI=1S/C25H22N4O3S/c1-18-17-28(14-15-29(18)33(30,31)24-13-7-2-8-19(24)16-26)25-20-9-3-5-11-22(20)32-23-12-6-4-10-21(23)27-25/h2-13,18H,14-15,17H2,1H3. The lowest BCUT2D eigenvalue weighted by molar-refractivity contribution is 0.205. The third kappa shape index (κ3) is 3.75. The highest BCUT2D eigenvalue weighted by Crippen LogP contribution is 2.38. The summed E-state index contributed by atoms with van der Waals surface area (Å²) in [7, 11) is -3.80. The molecular weight excluding hydrogens is 436 g/mol. The Kier molecular flexibility index (Phi) is 5.36. The summed E-state index contributed by atoms with van der Waals surface area (Å²) in [5.41, 5.74) is 1.75. The molecule has 7 nitrogen and oxygen atoms in total. The van der Waals surface area contributed by atoms with Gasteiger partial charge >= 0.3 is 0 Å². The van der Waals surface area contributed by atoms with Gasteiger partial charge in [0.05, 0.1) is 16.0 Å². The average Bonchev–Trinajstić information content (AvgIpc) is 3.00. The molecule has 0 N–H and O–H groups in total. The van der Waals surface area contributed by atoms with E-state index in [-0.39, 0.29) is 23.0 Å². The second-order valence-electron chi connectivity index (χ2n) is 8.02. The highest BCUT2D eigenvalue weighted by molar-refractivity contribution is 7.89. The fraction of sp³-hybridized carbons (Fsp3) is 0.200. The van der Waals surface area contributed by atoms with Crippen LogP contribution in [-0.2, 0) is 10.0 Å². The maximum Gasteiger partial charge on any atom is 0.244 e. The van der Waals surface area contributed by atoms with Gasteiger partial charge in [-0.05, 0) is 43.3 Å². The Hall–Kier alpha value is -3.67. The van der Waals surface area contributed by atoms with Crippen LogP contribution in [0.2, 0.25) is 0 Å². The van der Waals surface area contributed by atoms with Gasteiger partial charge in [0.2, 0.25) is 10.0 Å². The molecule has 2 aliphatic rings. The molecule has 166 valence electrons. The van der Waals surface area contributed by atoms with Gasteiger partial charge in [0, 0.05) is 25.7 Å². The Morgan fingerprint density at radius 2 is 1.67 bits per heavy atom. The van der Waals surface area contributed by atoms with Crippen LogP contribution in [0.4, 0.5) is 5.69 Å². The molecule has 3 aromatic rings. The van der Waals surface area contributed by atoms with Gasteiger partial charge in [0.15, 0.2) is 5.75 Å². The summed E-state index contributed by atoms with van der Waals surface area (Å²) in [4.78, 5) is 7.07. The van der Waals surface area contributed by atoms with E-state index in [0.29, 0.717) is 24.6 Å². The Labute approximate surface area is 193 Å². The number of nitriles is 1. The fourth-order valence-electron chi connectivity index (χ4n) is 4.31. The van der Waals surface area contributed by atoms with E-state index in [9.17, 15) is 13.7 Å². The van der Waals surface area contributed by atoms with Gasteiger partial charge in [-0.3, -0.25) is 0 Å². The molecule has 0 aromatic heterocycles. The molecule has 0 bridgehead atoms. The van der Waals surface area contributed by atoms with E-state index < -0.39 is 10.0 Å². The zero-order valence-electron chi connectivity index (χ0n) is 18.0. The second kappa shape index (κ2) is 8.35. The molecule has 0 radical (unpaired) electrons. The Bertz CT molecular complexity index is 1390. The van der Waals surface area contributed by atoms with Crippen LogP contribution < -0.4 is 4.74 Å². The highest BCUT2D eigenvalue weighted by atomic mass is 32.2. The number of rotatable bonds is 2. The number of sulfonamides is 1. The van der Waals surface area contributed by atoms with Crippen molar-refractivity contribution >= 4 is 21.5 Å². The topological polar surface area (TPSA) is 86.0 Å². The molecule has 0 amide bonds. The van der Waals surface area contributed by atoms with Crippen molar-refractivity contribution in [2.24, 2.45) is 4.99 Å². The molecular formula is C25H22N4O3S. The predicted octanol–water partition coefficient (Wildman–Crippen LogP) is 4.14. The van der Waals surface area contributed by atoms with Crippen LogP contribution in [0.25, 0.3) is 0 Å². The predicted molar refractivity (Wildman–Crippen MR) is 125 cm³/mol. The molecule has 8 heteroatoms. The van der Waals surface area contributed by atoms with Crippen molar-refractivity contribution in [1.29, 1.82) is 5.26 Å². The molecule has 1 fully saturated rings. The maximum atomic E-state index is 13.4. The number of amidine groups is 1. The monoisotopic (exact) mass is 458 g/mol. The summed E-state index contributed by atoms with van der Waals surface area (Å²) < 4.78 is 34.4. The van der Waals surface area contributed by atoms with E-state index in [1.165, 1.54) is 16.4 Å². The fourth-order valence-corrected chi connectivity index (χ4v) is 6.07. The number of hydrogen-bond donors (Lipinski definition) is 0. The van der Waals surface area contributed by atoms with E-state index in [1.807, 2.05) is 61.5 Å². The van der Waals surface area contributed by atoms with Gasteiger partial charge in [0.1, 0.15) is 23.3 Å². The first kappa shape index (κ1) is 21.2. The molecule has 0 saturated carbocycles. The number of nitrogens with zero attached hydrogens (tertiary/aromatic N) is 4. The van der Waals surface area contributed by atoms with Crippen molar-refractivity contribution in [3.8, 4) is 17.6 Å². The molecule has 1 unspecified atom stereocenters. The van der Waals surface area contributed by atoms with Crippen molar-refractivity contribution in [2.75, 3.05) is 19.6 Å². The molecule has 3 aromatic carbocycles.